The van der Waals surface area contributed by atoms with Gasteiger partial charge in [-0.1, -0.05) is 0 Å². The molecule has 0 bridgehead atoms. The lowest BCUT2D eigenvalue weighted by Crippen LogP contribution is -2.32. The summed E-state index contributed by atoms with van der Waals surface area (Å²) < 4.78 is 5.50. The van der Waals surface area contributed by atoms with E-state index in [1.807, 2.05) is 12.1 Å². The third kappa shape index (κ3) is 2.75. The highest BCUT2D eigenvalue weighted by molar-refractivity contribution is 6.09. The molecule has 1 fully saturated rings. The summed E-state index contributed by atoms with van der Waals surface area (Å²) in [6, 6.07) is 3.87. The summed E-state index contributed by atoms with van der Waals surface area (Å²) in [5.41, 5.74) is 2.49. The van der Waals surface area contributed by atoms with E-state index in [4.69, 9.17) is 10.00 Å². The van der Waals surface area contributed by atoms with Gasteiger partial charge in [-0.15, -0.1) is 0 Å². The molecule has 4 heterocycles. The Balaban J connectivity index is 1.59. The standard InChI is InChI=1S/C17H17N7O2/c1-23(7-4-18)17(25)26-11-3-6-24(10-11)14-9-21-22-13-8-20-16-12(15(13)14)2-5-19-16/h2,5,8-9,11,22H,3,6-7,10H2,1H3. The van der Waals surface area contributed by atoms with E-state index in [2.05, 4.69) is 25.1 Å². The van der Waals surface area contributed by atoms with Crippen LogP contribution in [0, 0.1) is 11.3 Å². The van der Waals surface area contributed by atoms with Gasteiger partial charge in [0.05, 0.1) is 36.2 Å². The molecule has 9 heteroatoms. The number of amides is 1. The van der Waals surface area contributed by atoms with Gasteiger partial charge in [0.15, 0.2) is 5.65 Å². The van der Waals surface area contributed by atoms with Gasteiger partial charge >= 0.3 is 6.09 Å². The van der Waals surface area contributed by atoms with Crippen LogP contribution in [0.3, 0.4) is 0 Å². The van der Waals surface area contributed by atoms with E-state index in [9.17, 15) is 4.79 Å². The van der Waals surface area contributed by atoms with Crippen molar-refractivity contribution in [3.05, 3.63) is 24.7 Å². The fraction of sp³-hybridized carbons (Fsp3) is 0.353. The number of pyridine rings is 1. The number of hydrogen-bond donors (Lipinski definition) is 1. The second kappa shape index (κ2) is 6.48. The molecule has 0 spiro atoms. The Morgan fingerprint density at radius 2 is 2.38 bits per heavy atom. The van der Waals surface area contributed by atoms with Crippen LogP contribution in [0.15, 0.2) is 24.7 Å². The van der Waals surface area contributed by atoms with E-state index < -0.39 is 6.09 Å². The lowest BCUT2D eigenvalue weighted by atomic mass is 10.1. The first kappa shape index (κ1) is 16.1. The number of hydrogen-bond acceptors (Lipinski definition) is 7. The first-order chi connectivity index (χ1) is 12.7. The molecule has 1 amide bonds. The van der Waals surface area contributed by atoms with Gasteiger partial charge in [0.25, 0.3) is 0 Å². The normalized spacial score (nSPS) is 16.8. The third-order valence-corrected chi connectivity index (χ3v) is 4.53. The smallest absolute Gasteiger partial charge is 0.410 e. The molecule has 9 nitrogen and oxygen atoms in total. The van der Waals surface area contributed by atoms with E-state index in [0.29, 0.717) is 12.2 Å². The predicted octanol–water partition coefficient (Wildman–Crippen LogP) is 1.68. The molecule has 1 N–H and O–H groups in total. The summed E-state index contributed by atoms with van der Waals surface area (Å²) in [5.74, 6) is 0. The zero-order valence-electron chi connectivity index (χ0n) is 14.2. The number of carbonyl (C=O) groups is 1. The van der Waals surface area contributed by atoms with Crippen molar-refractivity contribution >= 4 is 33.7 Å². The van der Waals surface area contributed by atoms with Crippen molar-refractivity contribution in [2.75, 3.05) is 31.6 Å². The molecule has 0 aliphatic carbocycles. The molecule has 1 atom stereocenters. The van der Waals surface area contributed by atoms with Crippen LogP contribution in [-0.4, -0.2) is 63.9 Å². The minimum Gasteiger partial charge on any atom is -0.444 e. The van der Waals surface area contributed by atoms with Gasteiger partial charge in [-0.3, -0.25) is 10.00 Å². The SMILES string of the molecule is CN(CC#N)C(=O)OC1CCN(c2cn[nH]c3cnc4nccc4c23)C1. The lowest BCUT2D eigenvalue weighted by molar-refractivity contribution is 0.0810. The Hall–Kier alpha value is -3.41. The Bertz CT molecular complexity index is 1010. The Morgan fingerprint density at radius 1 is 1.50 bits per heavy atom. The molecule has 3 aromatic rings. The zero-order valence-corrected chi connectivity index (χ0v) is 14.2. The highest BCUT2D eigenvalue weighted by atomic mass is 16.6. The van der Waals surface area contributed by atoms with Crippen LogP contribution in [-0.2, 0) is 4.74 Å². The Morgan fingerprint density at radius 3 is 3.23 bits per heavy atom. The summed E-state index contributed by atoms with van der Waals surface area (Å²) in [4.78, 5) is 24.0. The van der Waals surface area contributed by atoms with E-state index in [-0.39, 0.29) is 12.6 Å². The summed E-state index contributed by atoms with van der Waals surface area (Å²) in [5, 5.41) is 17.8. The van der Waals surface area contributed by atoms with Gasteiger partial charge in [0.1, 0.15) is 12.6 Å². The monoisotopic (exact) mass is 351 g/mol. The number of H-pyrrole nitrogens is 1. The zero-order chi connectivity index (χ0) is 18.1. The topological polar surface area (TPSA) is 111 Å². The molecule has 1 aliphatic heterocycles. The van der Waals surface area contributed by atoms with Crippen LogP contribution >= 0.6 is 0 Å². The largest absolute Gasteiger partial charge is 0.444 e. The minimum absolute atomic E-state index is 0.00726. The van der Waals surface area contributed by atoms with Crippen LogP contribution in [0.5, 0.6) is 0 Å². The maximum Gasteiger partial charge on any atom is 0.410 e. The van der Waals surface area contributed by atoms with Gasteiger partial charge in [-0.05, 0) is 6.07 Å². The van der Waals surface area contributed by atoms with Crippen LogP contribution in [0.25, 0.3) is 21.9 Å². The van der Waals surface area contributed by atoms with Crippen LogP contribution in [0.1, 0.15) is 6.42 Å². The molecule has 1 unspecified atom stereocenters. The summed E-state index contributed by atoms with van der Waals surface area (Å²) in [6.07, 6.45) is 5.26. The molecular formula is C17H17N7O2. The van der Waals surface area contributed by atoms with Crippen LogP contribution in [0.2, 0.25) is 0 Å². The fourth-order valence-corrected chi connectivity index (χ4v) is 3.23. The quantitative estimate of drug-likeness (QED) is 0.715. The first-order valence-corrected chi connectivity index (χ1v) is 8.28. The molecule has 3 aromatic heterocycles. The molecule has 0 aromatic carbocycles. The highest BCUT2D eigenvalue weighted by Gasteiger charge is 2.28. The number of nitriles is 1. The number of rotatable bonds is 3. The van der Waals surface area contributed by atoms with Gasteiger partial charge in [-0.25, -0.2) is 14.8 Å². The van der Waals surface area contributed by atoms with Crippen molar-refractivity contribution in [2.45, 2.75) is 12.5 Å². The molecule has 1 saturated heterocycles. The van der Waals surface area contributed by atoms with E-state index >= 15 is 0 Å². The molecule has 0 saturated carbocycles. The average molecular weight is 351 g/mol. The molecule has 1 aliphatic rings. The van der Waals surface area contributed by atoms with Crippen molar-refractivity contribution in [1.82, 2.24) is 25.1 Å². The first-order valence-electron chi connectivity index (χ1n) is 8.28. The number of anilines is 1. The van der Waals surface area contributed by atoms with Gasteiger partial charge in [-0.2, -0.15) is 10.4 Å². The van der Waals surface area contributed by atoms with Crippen molar-refractivity contribution in [2.24, 2.45) is 0 Å². The number of carbonyl (C=O) groups excluding carboxylic acids is 1. The summed E-state index contributed by atoms with van der Waals surface area (Å²) >= 11 is 0. The summed E-state index contributed by atoms with van der Waals surface area (Å²) in [6.45, 7) is 1.33. The van der Waals surface area contributed by atoms with Crippen molar-refractivity contribution in [3.63, 3.8) is 0 Å². The molecule has 0 radical (unpaired) electrons. The van der Waals surface area contributed by atoms with Gasteiger partial charge in [0, 0.05) is 37.0 Å². The predicted molar refractivity (Wildman–Crippen MR) is 94.5 cm³/mol. The number of aromatic amines is 1. The number of ether oxygens (including phenoxy) is 1. The van der Waals surface area contributed by atoms with Gasteiger partial charge in [0.2, 0.25) is 0 Å². The molecule has 132 valence electrons. The van der Waals surface area contributed by atoms with Crippen LogP contribution < -0.4 is 4.90 Å². The molecule has 4 rings (SSSR count). The Kier molecular flexibility index (Phi) is 4.01. The van der Waals surface area contributed by atoms with Gasteiger partial charge < -0.3 is 9.64 Å². The number of nitrogens with one attached hydrogen (secondary N) is 1. The van der Waals surface area contributed by atoms with E-state index in [1.54, 1.807) is 25.6 Å². The number of nitrogens with zero attached hydrogens (tertiary/aromatic N) is 6. The lowest BCUT2D eigenvalue weighted by Gasteiger charge is -2.21. The average Bonchev–Trinajstić information content (AvgIpc) is 3.30. The molecule has 26 heavy (non-hydrogen) atoms. The second-order valence-corrected chi connectivity index (χ2v) is 6.24. The van der Waals surface area contributed by atoms with Crippen molar-refractivity contribution in [1.29, 1.82) is 5.26 Å². The van der Waals surface area contributed by atoms with E-state index in [0.717, 1.165) is 34.9 Å². The highest BCUT2D eigenvalue weighted by Crippen LogP contribution is 2.32. The Labute approximate surface area is 149 Å². The number of aromatic nitrogens is 4. The van der Waals surface area contributed by atoms with Crippen molar-refractivity contribution < 1.29 is 9.53 Å². The number of fused-ring (bicyclic) bond motifs is 3. The minimum atomic E-state index is -0.477. The summed E-state index contributed by atoms with van der Waals surface area (Å²) in [7, 11) is 1.55. The molecular weight excluding hydrogens is 334 g/mol. The fourth-order valence-electron chi connectivity index (χ4n) is 3.23. The maximum atomic E-state index is 12.0. The van der Waals surface area contributed by atoms with Crippen LogP contribution in [0.4, 0.5) is 10.5 Å². The maximum absolute atomic E-state index is 12.0. The van der Waals surface area contributed by atoms with Crippen molar-refractivity contribution in [3.8, 4) is 6.07 Å². The van der Waals surface area contributed by atoms with E-state index in [1.165, 1.54) is 4.90 Å². The second-order valence-electron chi connectivity index (χ2n) is 6.24. The third-order valence-electron chi connectivity index (χ3n) is 4.53.